The number of hydrogen-bond donors (Lipinski definition) is 1. The van der Waals surface area contributed by atoms with Crippen LogP contribution >= 0.6 is 0 Å². The summed E-state index contributed by atoms with van der Waals surface area (Å²) in [5, 5.41) is 7.64. The molecule has 4 nitrogen and oxygen atoms in total. The zero-order valence-electron chi connectivity index (χ0n) is 11.2. The topological polar surface area (TPSA) is 39.1 Å². The normalized spacial score (nSPS) is 18.7. The Kier molecular flexibility index (Phi) is 3.51. The highest BCUT2D eigenvalue weighted by atomic mass is 16.5. The lowest BCUT2D eigenvalue weighted by molar-refractivity contribution is 0.277. The Balaban J connectivity index is 1.69. The molecule has 2 aromatic rings. The molecule has 1 aliphatic heterocycles. The maximum atomic E-state index is 5.87. The van der Waals surface area contributed by atoms with Gasteiger partial charge in [0.15, 0.2) is 0 Å². The highest BCUT2D eigenvalue weighted by molar-refractivity contribution is 5.63. The van der Waals surface area contributed by atoms with Crippen molar-refractivity contribution in [1.29, 1.82) is 0 Å². The molecule has 0 aliphatic carbocycles. The van der Waals surface area contributed by atoms with Crippen molar-refractivity contribution in [2.75, 3.05) is 13.2 Å². The summed E-state index contributed by atoms with van der Waals surface area (Å²) in [6.45, 7) is 1.86. The van der Waals surface area contributed by atoms with E-state index in [1.807, 2.05) is 36.3 Å². The highest BCUT2D eigenvalue weighted by Crippen LogP contribution is 2.23. The molecule has 1 aromatic heterocycles. The van der Waals surface area contributed by atoms with Crippen molar-refractivity contribution in [3.63, 3.8) is 0 Å². The van der Waals surface area contributed by atoms with Gasteiger partial charge >= 0.3 is 0 Å². The van der Waals surface area contributed by atoms with Gasteiger partial charge in [0.05, 0.1) is 6.20 Å². The van der Waals surface area contributed by atoms with Crippen LogP contribution in [-0.2, 0) is 7.05 Å². The van der Waals surface area contributed by atoms with Crippen molar-refractivity contribution in [1.82, 2.24) is 15.1 Å². The zero-order chi connectivity index (χ0) is 13.1. The van der Waals surface area contributed by atoms with Crippen LogP contribution in [0.5, 0.6) is 5.75 Å². The number of aromatic nitrogens is 2. The monoisotopic (exact) mass is 257 g/mol. The predicted molar refractivity (Wildman–Crippen MR) is 75.2 cm³/mol. The second-order valence-electron chi connectivity index (χ2n) is 5.03. The van der Waals surface area contributed by atoms with Gasteiger partial charge in [0.2, 0.25) is 0 Å². The van der Waals surface area contributed by atoms with E-state index >= 15 is 0 Å². The molecule has 2 heterocycles. The first kappa shape index (κ1) is 12.2. The molecule has 1 aliphatic rings. The van der Waals surface area contributed by atoms with Crippen LogP contribution in [0.25, 0.3) is 11.1 Å². The fourth-order valence-corrected chi connectivity index (χ4v) is 2.43. The van der Waals surface area contributed by atoms with Crippen LogP contribution < -0.4 is 10.1 Å². The molecule has 0 bridgehead atoms. The van der Waals surface area contributed by atoms with E-state index in [2.05, 4.69) is 22.5 Å². The Morgan fingerprint density at radius 2 is 2.37 bits per heavy atom. The van der Waals surface area contributed by atoms with Crippen molar-refractivity contribution in [2.45, 2.75) is 18.9 Å². The summed E-state index contributed by atoms with van der Waals surface area (Å²) in [6.07, 6.45) is 6.35. The molecule has 3 rings (SSSR count). The summed E-state index contributed by atoms with van der Waals surface area (Å²) in [4.78, 5) is 0. The smallest absolute Gasteiger partial charge is 0.119 e. The Morgan fingerprint density at radius 1 is 1.42 bits per heavy atom. The van der Waals surface area contributed by atoms with Crippen LogP contribution in [0, 0.1) is 0 Å². The molecule has 0 amide bonds. The predicted octanol–water partition coefficient (Wildman–Crippen LogP) is 2.22. The largest absolute Gasteiger partial charge is 0.492 e. The molecule has 1 N–H and O–H groups in total. The number of hydrogen-bond acceptors (Lipinski definition) is 3. The quantitative estimate of drug-likeness (QED) is 0.913. The third-order valence-corrected chi connectivity index (χ3v) is 3.49. The SMILES string of the molecule is Cn1cc(-c2cccc(OC[C@H]3CCCN3)c2)cn1. The molecule has 1 fully saturated rings. The number of benzene rings is 1. The molecular weight excluding hydrogens is 238 g/mol. The summed E-state index contributed by atoms with van der Waals surface area (Å²) >= 11 is 0. The number of aryl methyl sites for hydroxylation is 1. The van der Waals surface area contributed by atoms with Crippen molar-refractivity contribution in [3.8, 4) is 16.9 Å². The van der Waals surface area contributed by atoms with Gasteiger partial charge in [-0.1, -0.05) is 12.1 Å². The molecule has 1 saturated heterocycles. The van der Waals surface area contributed by atoms with E-state index in [1.54, 1.807) is 0 Å². The maximum absolute atomic E-state index is 5.87. The lowest BCUT2D eigenvalue weighted by Gasteiger charge is -2.12. The van der Waals surface area contributed by atoms with E-state index in [9.17, 15) is 0 Å². The number of nitrogens with zero attached hydrogens (tertiary/aromatic N) is 2. The minimum Gasteiger partial charge on any atom is -0.492 e. The lowest BCUT2D eigenvalue weighted by atomic mass is 10.1. The van der Waals surface area contributed by atoms with Gasteiger partial charge in [-0.2, -0.15) is 5.10 Å². The van der Waals surface area contributed by atoms with Crippen LogP contribution in [0.2, 0.25) is 0 Å². The molecular formula is C15H19N3O. The van der Waals surface area contributed by atoms with Gasteiger partial charge in [-0.3, -0.25) is 4.68 Å². The van der Waals surface area contributed by atoms with Crippen LogP contribution in [0.15, 0.2) is 36.7 Å². The minimum absolute atomic E-state index is 0.502. The van der Waals surface area contributed by atoms with Crippen LogP contribution in [0.4, 0.5) is 0 Å². The van der Waals surface area contributed by atoms with Crippen LogP contribution in [-0.4, -0.2) is 29.0 Å². The van der Waals surface area contributed by atoms with Gasteiger partial charge in [0.1, 0.15) is 12.4 Å². The summed E-state index contributed by atoms with van der Waals surface area (Å²) in [6, 6.07) is 8.69. The third kappa shape index (κ3) is 2.96. The Bertz CT molecular complexity index is 544. The van der Waals surface area contributed by atoms with Crippen molar-refractivity contribution in [2.24, 2.45) is 7.05 Å². The minimum atomic E-state index is 0.502. The van der Waals surface area contributed by atoms with Gasteiger partial charge in [0, 0.05) is 24.8 Å². The second-order valence-corrected chi connectivity index (χ2v) is 5.03. The average molecular weight is 257 g/mol. The summed E-state index contributed by atoms with van der Waals surface area (Å²) < 4.78 is 7.68. The molecule has 0 saturated carbocycles. The molecule has 0 unspecified atom stereocenters. The van der Waals surface area contributed by atoms with E-state index in [0.29, 0.717) is 6.04 Å². The summed E-state index contributed by atoms with van der Waals surface area (Å²) in [5.41, 5.74) is 2.26. The fourth-order valence-electron chi connectivity index (χ4n) is 2.43. The number of ether oxygens (including phenoxy) is 1. The number of nitrogens with one attached hydrogen (secondary N) is 1. The van der Waals surface area contributed by atoms with E-state index in [0.717, 1.165) is 30.0 Å². The van der Waals surface area contributed by atoms with Gasteiger partial charge in [-0.05, 0) is 37.1 Å². The standard InChI is InChI=1S/C15H19N3O/c1-18-10-13(9-17-18)12-4-2-6-15(8-12)19-11-14-5-3-7-16-14/h2,4,6,8-10,14,16H,3,5,7,11H2,1H3/t14-/m1/s1. The maximum Gasteiger partial charge on any atom is 0.119 e. The zero-order valence-corrected chi connectivity index (χ0v) is 11.2. The number of rotatable bonds is 4. The van der Waals surface area contributed by atoms with E-state index in [4.69, 9.17) is 4.74 Å². The molecule has 1 atom stereocenters. The average Bonchev–Trinajstić information content (AvgIpc) is 3.08. The van der Waals surface area contributed by atoms with E-state index in [-0.39, 0.29) is 0 Å². The van der Waals surface area contributed by atoms with Crippen molar-refractivity contribution >= 4 is 0 Å². The van der Waals surface area contributed by atoms with Crippen molar-refractivity contribution in [3.05, 3.63) is 36.7 Å². The molecule has 4 heteroatoms. The first-order valence-corrected chi connectivity index (χ1v) is 6.76. The van der Waals surface area contributed by atoms with Gasteiger partial charge < -0.3 is 10.1 Å². The van der Waals surface area contributed by atoms with E-state index < -0.39 is 0 Å². The fraction of sp³-hybridized carbons (Fsp3) is 0.400. The summed E-state index contributed by atoms with van der Waals surface area (Å²) in [5.74, 6) is 0.926. The van der Waals surface area contributed by atoms with Crippen LogP contribution in [0.1, 0.15) is 12.8 Å². The van der Waals surface area contributed by atoms with Crippen LogP contribution in [0.3, 0.4) is 0 Å². The molecule has 100 valence electrons. The lowest BCUT2D eigenvalue weighted by Crippen LogP contribution is -2.28. The van der Waals surface area contributed by atoms with E-state index in [1.165, 1.54) is 12.8 Å². The van der Waals surface area contributed by atoms with Gasteiger partial charge in [-0.25, -0.2) is 0 Å². The van der Waals surface area contributed by atoms with Crippen molar-refractivity contribution < 1.29 is 4.74 Å². The highest BCUT2D eigenvalue weighted by Gasteiger charge is 2.14. The Morgan fingerprint density at radius 3 is 3.11 bits per heavy atom. The van der Waals surface area contributed by atoms with Gasteiger partial charge in [-0.15, -0.1) is 0 Å². The molecule has 0 spiro atoms. The molecule has 19 heavy (non-hydrogen) atoms. The Hall–Kier alpha value is -1.81. The first-order chi connectivity index (χ1) is 9.31. The van der Waals surface area contributed by atoms with Gasteiger partial charge in [0.25, 0.3) is 0 Å². The molecule has 1 aromatic carbocycles. The molecule has 0 radical (unpaired) electrons. The Labute approximate surface area is 113 Å². The third-order valence-electron chi connectivity index (χ3n) is 3.49. The second kappa shape index (κ2) is 5.45. The first-order valence-electron chi connectivity index (χ1n) is 6.76. The summed E-state index contributed by atoms with van der Waals surface area (Å²) in [7, 11) is 1.93.